The molecular weight excluding hydrogens is 278 g/mol. The summed E-state index contributed by atoms with van der Waals surface area (Å²) in [5.41, 5.74) is 1.14. The Morgan fingerprint density at radius 1 is 1.27 bits per heavy atom. The number of aliphatic hydroxyl groups excluding tert-OH is 1. The Bertz CT molecular complexity index is 452. The molecule has 0 bridgehead atoms. The van der Waals surface area contributed by atoms with Crippen molar-refractivity contribution in [3.05, 3.63) is 30.1 Å². The first-order valence-corrected chi connectivity index (χ1v) is 8.20. The highest BCUT2D eigenvalue weighted by Crippen LogP contribution is 2.17. The molecule has 0 radical (unpaired) electrons. The second-order valence-electron chi connectivity index (χ2n) is 6.26. The molecule has 0 unspecified atom stereocenters. The number of aliphatic hydroxyl groups is 1. The van der Waals surface area contributed by atoms with Crippen LogP contribution in [0.1, 0.15) is 44.1 Å². The average molecular weight is 305 g/mol. The minimum atomic E-state index is -0.408. The number of likely N-dealkylation sites (N-methyl/N-ethyl adjacent to an activating group) is 1. The normalized spacial score (nSPS) is 22.9. The molecule has 2 N–H and O–H groups in total. The van der Waals surface area contributed by atoms with Gasteiger partial charge in [0.2, 0.25) is 5.91 Å². The number of rotatable bonds is 5. The molecule has 2 atom stereocenters. The maximum absolute atomic E-state index is 12.2. The SMILES string of the molecule is CN(CC(=O)N[C@H]1CCCCCC[C@@H]1O)Cc1ccncc1. The highest BCUT2D eigenvalue weighted by molar-refractivity contribution is 5.78. The van der Waals surface area contributed by atoms with Crippen LogP contribution >= 0.6 is 0 Å². The highest BCUT2D eigenvalue weighted by Gasteiger charge is 2.22. The van der Waals surface area contributed by atoms with Gasteiger partial charge in [0.1, 0.15) is 0 Å². The predicted octanol–water partition coefficient (Wildman–Crippen LogP) is 1.71. The van der Waals surface area contributed by atoms with E-state index in [4.69, 9.17) is 0 Å². The van der Waals surface area contributed by atoms with Gasteiger partial charge in [0, 0.05) is 18.9 Å². The van der Waals surface area contributed by atoms with Gasteiger partial charge in [-0.1, -0.05) is 25.7 Å². The van der Waals surface area contributed by atoms with Crippen molar-refractivity contribution >= 4 is 5.91 Å². The van der Waals surface area contributed by atoms with Crippen LogP contribution in [0.2, 0.25) is 0 Å². The predicted molar refractivity (Wildman–Crippen MR) is 86.2 cm³/mol. The van der Waals surface area contributed by atoms with Crippen LogP contribution in [-0.2, 0) is 11.3 Å². The summed E-state index contributed by atoms with van der Waals surface area (Å²) < 4.78 is 0. The molecule has 5 nitrogen and oxygen atoms in total. The Hall–Kier alpha value is -1.46. The third-order valence-electron chi connectivity index (χ3n) is 4.19. The van der Waals surface area contributed by atoms with Crippen LogP contribution in [0.15, 0.2) is 24.5 Å². The van der Waals surface area contributed by atoms with E-state index in [9.17, 15) is 9.90 Å². The van der Waals surface area contributed by atoms with E-state index in [2.05, 4.69) is 10.3 Å². The maximum atomic E-state index is 12.2. The van der Waals surface area contributed by atoms with Gasteiger partial charge in [0.05, 0.1) is 18.7 Å². The smallest absolute Gasteiger partial charge is 0.234 e. The van der Waals surface area contributed by atoms with Crippen molar-refractivity contribution in [2.45, 2.75) is 57.2 Å². The number of pyridine rings is 1. The number of carbonyl (C=O) groups is 1. The van der Waals surface area contributed by atoms with Crippen molar-refractivity contribution in [3.8, 4) is 0 Å². The fraction of sp³-hybridized carbons (Fsp3) is 0.647. The van der Waals surface area contributed by atoms with Crippen LogP contribution in [0.25, 0.3) is 0 Å². The molecule has 0 aliphatic heterocycles. The summed E-state index contributed by atoms with van der Waals surface area (Å²) in [6.07, 6.45) is 9.29. The number of nitrogens with one attached hydrogen (secondary N) is 1. The molecule has 1 amide bonds. The van der Waals surface area contributed by atoms with Crippen molar-refractivity contribution in [2.24, 2.45) is 0 Å². The summed E-state index contributed by atoms with van der Waals surface area (Å²) >= 11 is 0. The van der Waals surface area contributed by atoms with Gasteiger partial charge in [-0.05, 0) is 37.6 Å². The molecule has 1 aromatic rings. The highest BCUT2D eigenvalue weighted by atomic mass is 16.3. The van der Waals surface area contributed by atoms with Gasteiger partial charge in [0.25, 0.3) is 0 Å². The van der Waals surface area contributed by atoms with Crippen molar-refractivity contribution in [1.29, 1.82) is 0 Å². The first-order valence-electron chi connectivity index (χ1n) is 8.20. The van der Waals surface area contributed by atoms with Crippen molar-refractivity contribution in [1.82, 2.24) is 15.2 Å². The Morgan fingerprint density at radius 2 is 1.95 bits per heavy atom. The Balaban J connectivity index is 1.78. The van der Waals surface area contributed by atoms with Crippen molar-refractivity contribution in [2.75, 3.05) is 13.6 Å². The quantitative estimate of drug-likeness (QED) is 0.869. The van der Waals surface area contributed by atoms with E-state index in [1.54, 1.807) is 12.4 Å². The minimum Gasteiger partial charge on any atom is -0.391 e. The Kier molecular flexibility index (Phi) is 6.80. The van der Waals surface area contributed by atoms with Crippen LogP contribution < -0.4 is 5.32 Å². The van der Waals surface area contributed by atoms with Gasteiger partial charge in [-0.25, -0.2) is 0 Å². The van der Waals surface area contributed by atoms with Crippen LogP contribution in [-0.4, -0.2) is 46.6 Å². The zero-order valence-electron chi connectivity index (χ0n) is 13.4. The lowest BCUT2D eigenvalue weighted by molar-refractivity contribution is -0.123. The van der Waals surface area contributed by atoms with Gasteiger partial charge < -0.3 is 10.4 Å². The Morgan fingerprint density at radius 3 is 2.68 bits per heavy atom. The first-order chi connectivity index (χ1) is 10.6. The molecule has 0 saturated heterocycles. The molecule has 5 heteroatoms. The lowest BCUT2D eigenvalue weighted by Gasteiger charge is -2.27. The molecule has 0 spiro atoms. The van der Waals surface area contributed by atoms with Crippen LogP contribution in [0.5, 0.6) is 0 Å². The summed E-state index contributed by atoms with van der Waals surface area (Å²) in [5, 5.41) is 13.2. The van der Waals surface area contributed by atoms with Gasteiger partial charge in [-0.2, -0.15) is 0 Å². The first kappa shape index (κ1) is 16.9. The molecule has 1 heterocycles. The fourth-order valence-corrected chi connectivity index (χ4v) is 2.99. The van der Waals surface area contributed by atoms with Gasteiger partial charge >= 0.3 is 0 Å². The topological polar surface area (TPSA) is 65.5 Å². The molecular formula is C17H27N3O2. The van der Waals surface area contributed by atoms with Gasteiger partial charge in [-0.3, -0.25) is 14.7 Å². The van der Waals surface area contributed by atoms with E-state index in [-0.39, 0.29) is 11.9 Å². The summed E-state index contributed by atoms with van der Waals surface area (Å²) in [5.74, 6) is -0.0128. The van der Waals surface area contributed by atoms with Crippen LogP contribution in [0, 0.1) is 0 Å². The summed E-state index contributed by atoms with van der Waals surface area (Å²) in [6, 6.07) is 3.81. The van der Waals surface area contributed by atoms with Crippen molar-refractivity contribution in [3.63, 3.8) is 0 Å². The number of amides is 1. The summed E-state index contributed by atoms with van der Waals surface area (Å²) in [4.78, 5) is 18.1. The monoisotopic (exact) mass is 305 g/mol. The molecule has 1 aliphatic carbocycles. The lowest BCUT2D eigenvalue weighted by atomic mass is 9.94. The minimum absolute atomic E-state index is 0.0128. The van der Waals surface area contributed by atoms with E-state index in [1.807, 2.05) is 24.1 Å². The fourth-order valence-electron chi connectivity index (χ4n) is 2.99. The molecule has 1 saturated carbocycles. The lowest BCUT2D eigenvalue weighted by Crippen LogP contribution is -2.47. The Labute approximate surface area is 132 Å². The molecule has 0 aromatic carbocycles. The third kappa shape index (κ3) is 5.73. The van der Waals surface area contributed by atoms with Crippen molar-refractivity contribution < 1.29 is 9.90 Å². The van der Waals surface area contributed by atoms with Gasteiger partial charge in [-0.15, -0.1) is 0 Å². The molecule has 22 heavy (non-hydrogen) atoms. The van der Waals surface area contributed by atoms with Crippen LogP contribution in [0.3, 0.4) is 0 Å². The second-order valence-corrected chi connectivity index (χ2v) is 6.26. The second kappa shape index (κ2) is 8.86. The van der Waals surface area contributed by atoms with Crippen LogP contribution in [0.4, 0.5) is 0 Å². The number of carbonyl (C=O) groups excluding carboxylic acids is 1. The maximum Gasteiger partial charge on any atom is 0.234 e. The molecule has 122 valence electrons. The molecule has 1 aromatic heterocycles. The van der Waals surface area contributed by atoms with E-state index in [0.29, 0.717) is 13.1 Å². The standard InChI is InChI=1S/C17H27N3O2/c1-20(12-14-8-10-18-11-9-14)13-17(22)19-15-6-4-2-3-5-7-16(15)21/h8-11,15-16,21H,2-7,12-13H2,1H3,(H,19,22)/t15-,16-/m0/s1. The summed E-state index contributed by atoms with van der Waals surface area (Å²) in [6.45, 7) is 1.05. The van der Waals surface area contributed by atoms with E-state index < -0.39 is 6.10 Å². The zero-order chi connectivity index (χ0) is 15.8. The number of aromatic nitrogens is 1. The third-order valence-corrected chi connectivity index (χ3v) is 4.19. The van der Waals surface area contributed by atoms with E-state index >= 15 is 0 Å². The molecule has 1 aliphatic rings. The largest absolute Gasteiger partial charge is 0.391 e. The summed E-state index contributed by atoms with van der Waals surface area (Å²) in [7, 11) is 1.93. The number of hydrogen-bond acceptors (Lipinski definition) is 4. The molecule has 2 rings (SSSR count). The number of nitrogens with zero attached hydrogens (tertiary/aromatic N) is 2. The van der Waals surface area contributed by atoms with Gasteiger partial charge in [0.15, 0.2) is 0 Å². The zero-order valence-corrected chi connectivity index (χ0v) is 13.4. The number of hydrogen-bond donors (Lipinski definition) is 2. The van der Waals surface area contributed by atoms with E-state index in [0.717, 1.165) is 31.2 Å². The molecule has 1 fully saturated rings. The van der Waals surface area contributed by atoms with E-state index in [1.165, 1.54) is 12.8 Å². The average Bonchev–Trinajstić information content (AvgIpc) is 2.48.